The van der Waals surface area contributed by atoms with Crippen LogP contribution >= 0.6 is 11.6 Å². The number of nitrogens with zero attached hydrogens (tertiary/aromatic N) is 3. The van der Waals surface area contributed by atoms with E-state index in [1.807, 2.05) is 12.1 Å². The van der Waals surface area contributed by atoms with Gasteiger partial charge >= 0.3 is 0 Å². The van der Waals surface area contributed by atoms with Gasteiger partial charge in [-0.1, -0.05) is 32.4 Å². The average molecular weight is 417 g/mol. The van der Waals surface area contributed by atoms with Crippen LogP contribution in [0.25, 0.3) is 11.3 Å². The van der Waals surface area contributed by atoms with Crippen LogP contribution < -0.4 is 5.32 Å². The van der Waals surface area contributed by atoms with E-state index in [4.69, 9.17) is 11.6 Å². The first-order valence-electron chi connectivity index (χ1n) is 10.5. The van der Waals surface area contributed by atoms with E-state index >= 15 is 0 Å². The molecule has 29 heavy (non-hydrogen) atoms. The molecule has 4 nitrogen and oxygen atoms in total. The van der Waals surface area contributed by atoms with Crippen molar-refractivity contribution < 1.29 is 4.39 Å². The quantitative estimate of drug-likeness (QED) is 0.699. The lowest BCUT2D eigenvalue weighted by Gasteiger charge is -2.24. The van der Waals surface area contributed by atoms with Gasteiger partial charge in [-0.25, -0.2) is 4.39 Å². The van der Waals surface area contributed by atoms with Crippen LogP contribution in [0, 0.1) is 23.1 Å². The number of fused-ring (bicyclic) bond motifs is 1. The maximum Gasteiger partial charge on any atom is 0.148 e. The van der Waals surface area contributed by atoms with Crippen LogP contribution in [-0.4, -0.2) is 40.8 Å². The Morgan fingerprint density at radius 3 is 2.41 bits per heavy atom. The number of likely N-dealkylation sites (tertiary alicyclic amines) is 1. The van der Waals surface area contributed by atoms with Gasteiger partial charge < -0.3 is 10.2 Å². The Bertz CT molecular complexity index is 835. The van der Waals surface area contributed by atoms with E-state index in [1.54, 1.807) is 6.07 Å². The number of halogens is 2. The molecule has 2 aromatic rings. The second-order valence-corrected chi connectivity index (χ2v) is 10.2. The number of benzene rings is 1. The van der Waals surface area contributed by atoms with E-state index in [0.29, 0.717) is 27.7 Å². The fourth-order valence-corrected chi connectivity index (χ4v) is 4.91. The molecule has 1 saturated heterocycles. The highest BCUT2D eigenvalue weighted by molar-refractivity contribution is 6.33. The molecule has 1 unspecified atom stereocenters. The van der Waals surface area contributed by atoms with Crippen molar-refractivity contribution in [3.05, 3.63) is 41.2 Å². The maximum absolute atomic E-state index is 13.2. The predicted octanol–water partition coefficient (Wildman–Crippen LogP) is 5.49. The van der Waals surface area contributed by atoms with Crippen LogP contribution in [-0.2, 0) is 0 Å². The van der Waals surface area contributed by atoms with Gasteiger partial charge in [-0.15, -0.1) is 10.2 Å². The number of hydrogen-bond donors (Lipinski definition) is 1. The van der Waals surface area contributed by atoms with Gasteiger partial charge in [-0.3, -0.25) is 0 Å². The van der Waals surface area contributed by atoms with Gasteiger partial charge in [0.2, 0.25) is 0 Å². The molecule has 6 heteroatoms. The fraction of sp³-hybridized carbons (Fsp3) is 0.565. The molecule has 4 rings (SSSR count). The molecule has 1 N–H and O–H groups in total. The first-order chi connectivity index (χ1) is 13.8. The monoisotopic (exact) mass is 416 g/mol. The van der Waals surface area contributed by atoms with Crippen LogP contribution in [0.15, 0.2) is 30.3 Å². The third-order valence-corrected chi connectivity index (χ3v) is 6.54. The minimum absolute atomic E-state index is 0.347. The normalized spacial score (nSPS) is 24.7. The van der Waals surface area contributed by atoms with E-state index in [-0.39, 0.29) is 5.82 Å². The lowest BCUT2D eigenvalue weighted by Crippen LogP contribution is -2.28. The van der Waals surface area contributed by atoms with Crippen LogP contribution in [0.4, 0.5) is 10.2 Å². The highest BCUT2D eigenvalue weighted by Crippen LogP contribution is 2.39. The van der Waals surface area contributed by atoms with Crippen LogP contribution in [0.3, 0.4) is 0 Å². The van der Waals surface area contributed by atoms with Crippen molar-refractivity contribution >= 4 is 17.4 Å². The summed E-state index contributed by atoms with van der Waals surface area (Å²) in [7, 11) is 0. The molecule has 2 heterocycles. The van der Waals surface area contributed by atoms with E-state index in [0.717, 1.165) is 17.7 Å². The number of aromatic nitrogens is 2. The Hall–Kier alpha value is -1.72. The zero-order valence-corrected chi connectivity index (χ0v) is 18.2. The van der Waals surface area contributed by atoms with Crippen molar-refractivity contribution in [2.75, 3.05) is 25.0 Å². The third-order valence-electron chi connectivity index (χ3n) is 6.23. The molecule has 0 spiro atoms. The molecular weight excluding hydrogens is 387 g/mol. The topological polar surface area (TPSA) is 41.0 Å². The first kappa shape index (κ1) is 20.5. The summed E-state index contributed by atoms with van der Waals surface area (Å²) in [6, 6.07) is 8.61. The molecule has 1 aliphatic heterocycles. The van der Waals surface area contributed by atoms with Gasteiger partial charge in [0.1, 0.15) is 11.6 Å². The zero-order valence-electron chi connectivity index (χ0n) is 17.5. The Kier molecular flexibility index (Phi) is 5.80. The summed E-state index contributed by atoms with van der Waals surface area (Å²) in [6.45, 7) is 10.6. The molecular formula is C23H30ClFN4. The van der Waals surface area contributed by atoms with Crippen molar-refractivity contribution in [3.63, 3.8) is 0 Å². The highest BCUT2D eigenvalue weighted by atomic mass is 35.5. The fourth-order valence-electron chi connectivity index (χ4n) is 4.65. The van der Waals surface area contributed by atoms with E-state index in [2.05, 4.69) is 41.2 Å². The summed E-state index contributed by atoms with van der Waals surface area (Å²) in [5, 5.41) is 12.5. The minimum atomic E-state index is -0.353. The smallest absolute Gasteiger partial charge is 0.148 e. The Morgan fingerprint density at radius 2 is 1.83 bits per heavy atom. The second kappa shape index (κ2) is 8.19. The molecule has 2 aliphatic rings. The minimum Gasteiger partial charge on any atom is -0.366 e. The van der Waals surface area contributed by atoms with Gasteiger partial charge in [-0.2, -0.15) is 0 Å². The molecule has 2 fully saturated rings. The summed E-state index contributed by atoms with van der Waals surface area (Å²) in [5.74, 6) is 2.02. The Morgan fingerprint density at radius 1 is 1.10 bits per heavy atom. The zero-order chi connectivity index (χ0) is 20.6. The lowest BCUT2D eigenvalue weighted by atomic mass is 9.92. The predicted molar refractivity (Wildman–Crippen MR) is 117 cm³/mol. The summed E-state index contributed by atoms with van der Waals surface area (Å²) in [4.78, 5) is 2.65. The third kappa shape index (κ3) is 5.07. The van der Waals surface area contributed by atoms with Crippen molar-refractivity contribution in [2.45, 2.75) is 46.1 Å². The highest BCUT2D eigenvalue weighted by Gasteiger charge is 2.40. The first-order valence-corrected chi connectivity index (χ1v) is 10.9. The van der Waals surface area contributed by atoms with E-state index in [1.165, 1.54) is 51.0 Å². The molecule has 1 aromatic heterocycles. The van der Waals surface area contributed by atoms with Gasteiger partial charge in [0, 0.05) is 24.7 Å². The lowest BCUT2D eigenvalue weighted by molar-refractivity contribution is 0.250. The average Bonchev–Trinajstić information content (AvgIpc) is 3.18. The van der Waals surface area contributed by atoms with Gasteiger partial charge in [-0.05, 0) is 73.4 Å². The van der Waals surface area contributed by atoms with Crippen LogP contribution in [0.1, 0.15) is 40.0 Å². The van der Waals surface area contributed by atoms with Gasteiger partial charge in [0.15, 0.2) is 0 Å². The second-order valence-electron chi connectivity index (χ2n) is 9.83. The summed E-state index contributed by atoms with van der Waals surface area (Å²) in [6.07, 6.45) is 3.65. The molecule has 3 atom stereocenters. The molecule has 156 valence electrons. The number of rotatable bonds is 5. The SMILES string of the molecule is CC(C)(C)CCN1C[C@H]2CC(Nc3ccc(-c4ccc(F)cc4Cl)nn3)C[C@H]2C1. The van der Waals surface area contributed by atoms with E-state index < -0.39 is 0 Å². The Labute approximate surface area is 177 Å². The van der Waals surface area contributed by atoms with Crippen LogP contribution in [0.2, 0.25) is 5.02 Å². The van der Waals surface area contributed by atoms with Gasteiger partial charge in [0.25, 0.3) is 0 Å². The largest absolute Gasteiger partial charge is 0.366 e. The summed E-state index contributed by atoms with van der Waals surface area (Å²) >= 11 is 6.13. The number of nitrogens with one attached hydrogen (secondary N) is 1. The number of hydrogen-bond acceptors (Lipinski definition) is 4. The van der Waals surface area contributed by atoms with Crippen molar-refractivity contribution in [1.29, 1.82) is 0 Å². The molecule has 1 aliphatic carbocycles. The summed E-state index contributed by atoms with van der Waals surface area (Å²) in [5.41, 5.74) is 1.75. The van der Waals surface area contributed by atoms with Gasteiger partial charge in [0.05, 0.1) is 10.7 Å². The Balaban J connectivity index is 1.30. The maximum atomic E-state index is 13.2. The molecule has 1 aromatic carbocycles. The van der Waals surface area contributed by atoms with Crippen molar-refractivity contribution in [3.8, 4) is 11.3 Å². The van der Waals surface area contributed by atoms with E-state index in [9.17, 15) is 4.39 Å². The molecule has 0 bridgehead atoms. The van der Waals surface area contributed by atoms with Crippen molar-refractivity contribution in [1.82, 2.24) is 15.1 Å². The molecule has 0 radical (unpaired) electrons. The molecule has 0 amide bonds. The van der Waals surface area contributed by atoms with Crippen LogP contribution in [0.5, 0.6) is 0 Å². The summed E-state index contributed by atoms with van der Waals surface area (Å²) < 4.78 is 13.2. The number of anilines is 1. The van der Waals surface area contributed by atoms with Crippen molar-refractivity contribution in [2.24, 2.45) is 17.3 Å². The standard InChI is InChI=1S/C23H30ClFN4/c1-23(2,3)8-9-29-13-15-10-18(11-16(15)14-29)26-22-7-6-21(27-28-22)19-5-4-17(25)12-20(19)24/h4-7,12,15-16,18H,8-11,13-14H2,1-3H3,(H,26,28)/t15-,16+,18?. The molecule has 1 saturated carbocycles.